The van der Waals surface area contributed by atoms with E-state index in [4.69, 9.17) is 14.3 Å². The van der Waals surface area contributed by atoms with Crippen molar-refractivity contribution < 1.29 is 33.8 Å². The Hall–Kier alpha value is -4.31. The predicted molar refractivity (Wildman–Crippen MR) is 151 cm³/mol. The standard InChI is InChI=1S/C31H35N3O7/c1-31(2,3)41-30(38)33-16-13-20(14-17-33)26-25(27(35)21-7-11-23(39-4)12-8-21)28(36)29(37)34(26)22-9-5-19(6-10-22)24-15-18-40-32-24/h5-12,15,18,20,24,26,32,36H,13-14,16-17H2,1-4H3. The number of anilines is 1. The van der Waals surface area contributed by atoms with Gasteiger partial charge in [-0.05, 0) is 87.6 Å². The smallest absolute Gasteiger partial charge is 0.410 e. The molecule has 2 unspecified atom stereocenters. The summed E-state index contributed by atoms with van der Waals surface area (Å²) in [6.45, 7) is 6.27. The Morgan fingerprint density at radius 3 is 2.24 bits per heavy atom. The number of ketones is 1. The number of hydroxylamine groups is 1. The number of aliphatic hydroxyl groups excluding tert-OH is 1. The Bertz CT molecular complexity index is 1370. The fourth-order valence-electron chi connectivity index (χ4n) is 5.50. The normalized spacial score (nSPS) is 21.3. The van der Waals surface area contributed by atoms with Crippen molar-refractivity contribution in [3.63, 3.8) is 0 Å². The monoisotopic (exact) mass is 561 g/mol. The molecule has 2 aromatic carbocycles. The molecule has 3 heterocycles. The minimum atomic E-state index is -0.712. The lowest BCUT2D eigenvalue weighted by atomic mass is 9.82. The number of likely N-dealkylation sites (tertiary alicyclic amines) is 1. The molecule has 1 fully saturated rings. The van der Waals surface area contributed by atoms with Crippen LogP contribution in [0.1, 0.15) is 55.6 Å². The highest BCUT2D eigenvalue weighted by Gasteiger charge is 2.48. The van der Waals surface area contributed by atoms with Gasteiger partial charge in [-0.25, -0.2) is 4.79 Å². The lowest BCUT2D eigenvalue weighted by molar-refractivity contribution is -0.117. The molecule has 3 aliphatic heterocycles. The number of carbonyl (C=O) groups excluding carboxylic acids is 3. The molecule has 0 spiro atoms. The number of hydrogen-bond acceptors (Lipinski definition) is 8. The second-order valence-corrected chi connectivity index (χ2v) is 11.4. The van der Waals surface area contributed by atoms with Crippen molar-refractivity contribution in [3.05, 3.63) is 83.3 Å². The van der Waals surface area contributed by atoms with Crippen molar-refractivity contribution >= 4 is 23.5 Å². The number of benzene rings is 2. The molecule has 2 N–H and O–H groups in total. The number of nitrogens with one attached hydrogen (secondary N) is 1. The van der Waals surface area contributed by atoms with Crippen LogP contribution < -0.4 is 15.1 Å². The molecule has 2 amide bonds. The Kier molecular flexibility index (Phi) is 7.77. The van der Waals surface area contributed by atoms with Crippen LogP contribution in [0.2, 0.25) is 0 Å². The lowest BCUT2D eigenvalue weighted by Gasteiger charge is -2.39. The van der Waals surface area contributed by atoms with E-state index in [2.05, 4.69) is 5.48 Å². The minimum absolute atomic E-state index is 0.0637. The van der Waals surface area contributed by atoms with Crippen LogP contribution in [0.5, 0.6) is 5.75 Å². The molecule has 10 nitrogen and oxygen atoms in total. The highest BCUT2D eigenvalue weighted by Crippen LogP contribution is 2.40. The molecular weight excluding hydrogens is 526 g/mol. The van der Waals surface area contributed by atoms with E-state index in [1.165, 1.54) is 12.0 Å². The second kappa shape index (κ2) is 11.3. The molecule has 3 aliphatic rings. The summed E-state index contributed by atoms with van der Waals surface area (Å²) in [6.07, 6.45) is 4.09. The number of methoxy groups -OCH3 is 1. The molecule has 2 atom stereocenters. The van der Waals surface area contributed by atoms with Crippen molar-refractivity contribution in [2.75, 3.05) is 25.1 Å². The molecule has 0 aliphatic carbocycles. The quantitative estimate of drug-likeness (QED) is 0.481. The molecule has 1 saturated heterocycles. The summed E-state index contributed by atoms with van der Waals surface area (Å²) >= 11 is 0. The van der Waals surface area contributed by atoms with Gasteiger partial charge < -0.3 is 24.3 Å². The third-order valence-electron chi connectivity index (χ3n) is 7.55. The number of amides is 2. The highest BCUT2D eigenvalue weighted by molar-refractivity contribution is 6.20. The molecule has 10 heteroatoms. The van der Waals surface area contributed by atoms with Gasteiger partial charge in [-0.3, -0.25) is 14.5 Å². The maximum Gasteiger partial charge on any atom is 0.410 e. The number of carbonyl (C=O) groups is 3. The van der Waals surface area contributed by atoms with Gasteiger partial charge in [0.25, 0.3) is 5.91 Å². The number of rotatable bonds is 6. The fraction of sp³-hybridized carbons (Fsp3) is 0.387. The van der Waals surface area contributed by atoms with Gasteiger partial charge in [0.15, 0.2) is 11.5 Å². The SMILES string of the molecule is COc1ccc(C(=O)C2=C(O)C(=O)N(c3ccc(C4C=CON4)cc3)C2C2CCN(C(=O)OC(C)(C)C)CC2)cc1. The molecule has 0 radical (unpaired) electrons. The lowest BCUT2D eigenvalue weighted by Crippen LogP contribution is -2.48. The maximum absolute atomic E-state index is 13.8. The van der Waals surface area contributed by atoms with Gasteiger partial charge in [0.1, 0.15) is 17.6 Å². The number of nitrogens with zero attached hydrogens (tertiary/aromatic N) is 2. The van der Waals surface area contributed by atoms with Crippen LogP contribution >= 0.6 is 0 Å². The molecule has 0 aromatic heterocycles. The van der Waals surface area contributed by atoms with E-state index in [1.807, 2.05) is 39.0 Å². The van der Waals surface area contributed by atoms with Gasteiger partial charge in [-0.15, -0.1) is 5.48 Å². The highest BCUT2D eigenvalue weighted by atomic mass is 16.6. The van der Waals surface area contributed by atoms with Crippen LogP contribution in [0, 0.1) is 5.92 Å². The van der Waals surface area contributed by atoms with Crippen molar-refractivity contribution in [3.8, 4) is 5.75 Å². The van der Waals surface area contributed by atoms with E-state index >= 15 is 0 Å². The number of aliphatic hydroxyl groups is 1. The average Bonchev–Trinajstić information content (AvgIpc) is 3.59. The van der Waals surface area contributed by atoms with E-state index in [1.54, 1.807) is 47.6 Å². The zero-order valence-corrected chi connectivity index (χ0v) is 23.6. The third-order valence-corrected chi connectivity index (χ3v) is 7.55. The van der Waals surface area contributed by atoms with Crippen molar-refractivity contribution in [1.29, 1.82) is 0 Å². The van der Waals surface area contributed by atoms with Crippen LogP contribution in [-0.2, 0) is 14.4 Å². The summed E-state index contributed by atoms with van der Waals surface area (Å²) < 4.78 is 10.8. The van der Waals surface area contributed by atoms with Crippen molar-refractivity contribution in [2.24, 2.45) is 5.92 Å². The van der Waals surface area contributed by atoms with Crippen LogP contribution in [0.3, 0.4) is 0 Å². The number of hydrogen-bond donors (Lipinski definition) is 2. The largest absolute Gasteiger partial charge is 0.503 e. The summed E-state index contributed by atoms with van der Waals surface area (Å²) in [6, 6.07) is 13.1. The third kappa shape index (κ3) is 5.78. The minimum Gasteiger partial charge on any atom is -0.503 e. The summed E-state index contributed by atoms with van der Waals surface area (Å²) in [4.78, 5) is 48.4. The van der Waals surface area contributed by atoms with Crippen molar-refractivity contribution in [1.82, 2.24) is 10.4 Å². The molecule has 41 heavy (non-hydrogen) atoms. The van der Waals surface area contributed by atoms with Gasteiger partial charge in [0, 0.05) is 24.3 Å². The number of Topliss-reactive ketones (excluding diaryl/α,β-unsaturated/α-hetero) is 1. The second-order valence-electron chi connectivity index (χ2n) is 11.4. The first-order valence-electron chi connectivity index (χ1n) is 13.7. The number of piperidine rings is 1. The van der Waals surface area contributed by atoms with E-state index in [-0.39, 0.29) is 17.5 Å². The number of ether oxygens (including phenoxy) is 2. The van der Waals surface area contributed by atoms with Crippen LogP contribution in [0.4, 0.5) is 10.5 Å². The molecule has 2 aromatic rings. The summed E-state index contributed by atoms with van der Waals surface area (Å²) in [5.74, 6) is -1.20. The summed E-state index contributed by atoms with van der Waals surface area (Å²) in [5.41, 5.74) is 4.16. The molecule has 0 bridgehead atoms. The van der Waals surface area contributed by atoms with Gasteiger partial charge in [0.05, 0.1) is 24.8 Å². The summed E-state index contributed by atoms with van der Waals surface area (Å²) in [7, 11) is 1.54. The van der Waals surface area contributed by atoms with Crippen LogP contribution in [0.25, 0.3) is 0 Å². The van der Waals surface area contributed by atoms with E-state index in [0.717, 1.165) is 5.56 Å². The average molecular weight is 562 g/mol. The van der Waals surface area contributed by atoms with Crippen LogP contribution in [-0.4, -0.2) is 59.6 Å². The van der Waals surface area contributed by atoms with Crippen molar-refractivity contribution in [2.45, 2.75) is 51.3 Å². The Labute approximate surface area is 239 Å². The van der Waals surface area contributed by atoms with E-state index < -0.39 is 35.2 Å². The maximum atomic E-state index is 13.8. The molecular formula is C31H35N3O7. The first-order valence-corrected chi connectivity index (χ1v) is 13.7. The predicted octanol–water partition coefficient (Wildman–Crippen LogP) is 4.84. The zero-order valence-electron chi connectivity index (χ0n) is 23.6. The topological polar surface area (TPSA) is 118 Å². The van der Waals surface area contributed by atoms with Gasteiger partial charge in [-0.2, -0.15) is 0 Å². The molecule has 0 saturated carbocycles. The Morgan fingerprint density at radius 1 is 1.02 bits per heavy atom. The van der Waals surface area contributed by atoms with Gasteiger partial charge >= 0.3 is 6.09 Å². The first kappa shape index (κ1) is 28.2. The summed E-state index contributed by atoms with van der Waals surface area (Å²) in [5, 5.41) is 11.1. The van der Waals surface area contributed by atoms with E-state index in [0.29, 0.717) is 42.9 Å². The Balaban J connectivity index is 1.45. The van der Waals surface area contributed by atoms with E-state index in [9.17, 15) is 19.5 Å². The first-order chi connectivity index (χ1) is 19.6. The Morgan fingerprint density at radius 2 is 1.68 bits per heavy atom. The fourth-order valence-corrected chi connectivity index (χ4v) is 5.50. The van der Waals surface area contributed by atoms with Gasteiger partial charge in [-0.1, -0.05) is 12.1 Å². The van der Waals surface area contributed by atoms with Crippen LogP contribution in [0.15, 0.2) is 72.2 Å². The molecule has 216 valence electrons. The zero-order chi connectivity index (χ0) is 29.3. The van der Waals surface area contributed by atoms with Gasteiger partial charge in [0.2, 0.25) is 0 Å². The molecule has 5 rings (SSSR count).